The third-order valence-electron chi connectivity index (χ3n) is 3.32. The number of rotatable bonds is 0. The van der Waals surface area contributed by atoms with E-state index in [1.165, 1.54) is 21.5 Å². The van der Waals surface area contributed by atoms with E-state index in [9.17, 15) is 0 Å². The van der Waals surface area contributed by atoms with Crippen molar-refractivity contribution in [1.29, 1.82) is 0 Å². The summed E-state index contributed by atoms with van der Waals surface area (Å²) in [6, 6.07) is 33.4. The maximum Gasteiger partial charge on any atom is 2.00 e. The van der Waals surface area contributed by atoms with Gasteiger partial charge in [0.15, 0.2) is 0 Å². The van der Waals surface area contributed by atoms with Crippen LogP contribution in [-0.4, -0.2) is 0 Å². The van der Waals surface area contributed by atoms with E-state index in [4.69, 9.17) is 0 Å². The number of hydrogen-bond acceptors (Lipinski definition) is 0. The summed E-state index contributed by atoms with van der Waals surface area (Å²) >= 11 is 0. The van der Waals surface area contributed by atoms with Crippen molar-refractivity contribution in [2.45, 2.75) is 27.7 Å². The second kappa shape index (κ2) is 18.9. The summed E-state index contributed by atoms with van der Waals surface area (Å²) in [6.07, 6.45) is 0. The van der Waals surface area contributed by atoms with Gasteiger partial charge < -0.3 is 14.9 Å². The molecule has 0 spiro atoms. The van der Waals surface area contributed by atoms with Crippen molar-refractivity contribution in [3.63, 3.8) is 0 Å². The van der Waals surface area contributed by atoms with Crippen LogP contribution >= 0.6 is 0 Å². The van der Waals surface area contributed by atoms with Crippen LogP contribution in [0.4, 0.5) is 0 Å². The normalized spacial score (nSPS) is 7.85. The second-order valence-corrected chi connectivity index (χ2v) is 4.69. The van der Waals surface area contributed by atoms with E-state index < -0.39 is 0 Å². The molecule has 4 rings (SSSR count). The van der Waals surface area contributed by atoms with Crippen LogP contribution in [0.1, 0.15) is 27.7 Å². The molecule has 0 amide bonds. The topological polar surface area (TPSA) is 0 Å². The minimum Gasteiger partial charge on any atom is -0.358 e. The van der Waals surface area contributed by atoms with Crippen LogP contribution in [0, 0.1) is 14.9 Å². The van der Waals surface area contributed by atoms with Crippen LogP contribution in [0.2, 0.25) is 0 Å². The summed E-state index contributed by atoms with van der Waals surface area (Å²) in [7, 11) is 0. The molecule has 144 valence electrons. The molecule has 0 aliphatic rings. The van der Waals surface area contributed by atoms with Gasteiger partial charge in [-0.2, -0.15) is 0 Å². The first-order valence-electron chi connectivity index (χ1n) is 8.81. The zero-order valence-corrected chi connectivity index (χ0v) is 20.6. The molecule has 0 unspecified atom stereocenters. The molecule has 0 heterocycles. The molecule has 0 saturated heterocycles. The fourth-order valence-corrected chi connectivity index (χ4v) is 2.27. The van der Waals surface area contributed by atoms with Crippen LogP contribution in [0.5, 0.6) is 0 Å². The van der Waals surface area contributed by atoms with E-state index in [0.717, 1.165) is 0 Å². The van der Waals surface area contributed by atoms with Gasteiger partial charge in [-0.25, -0.2) is 0 Å². The van der Waals surface area contributed by atoms with Crippen molar-refractivity contribution in [3.8, 4) is 0 Å². The molecular formula is C26H34W. The first kappa shape index (κ1) is 29.8. The van der Waals surface area contributed by atoms with Gasteiger partial charge in [-0.1, -0.05) is 125 Å². The second-order valence-electron chi connectivity index (χ2n) is 4.69. The minimum absolute atomic E-state index is 0. The van der Waals surface area contributed by atoms with Crippen molar-refractivity contribution in [3.05, 3.63) is 112 Å². The molecular weight excluding hydrogens is 496 g/mol. The minimum atomic E-state index is 0. The Hall–Kier alpha value is -1.91. The van der Waals surface area contributed by atoms with E-state index in [2.05, 4.69) is 97.1 Å². The van der Waals surface area contributed by atoms with E-state index >= 15 is 0 Å². The fraction of sp³-hybridized carbons (Fsp3) is 0.154. The molecule has 0 aliphatic carbocycles. The van der Waals surface area contributed by atoms with Crippen LogP contribution in [0.3, 0.4) is 0 Å². The first-order chi connectivity index (χ1) is 11.9. The Morgan fingerprint density at radius 3 is 0.556 bits per heavy atom. The summed E-state index contributed by atoms with van der Waals surface area (Å²) in [4.78, 5) is 0. The summed E-state index contributed by atoms with van der Waals surface area (Å²) in [5.74, 6) is 0. The predicted octanol–water partition coefficient (Wildman–Crippen LogP) is 8.63. The Bertz CT molecular complexity index is 619. The molecule has 0 aromatic heterocycles. The molecule has 27 heavy (non-hydrogen) atoms. The maximum absolute atomic E-state index is 2.12. The molecule has 0 bridgehead atoms. The van der Waals surface area contributed by atoms with Crippen molar-refractivity contribution in [2.24, 2.45) is 0 Å². The van der Waals surface area contributed by atoms with Crippen molar-refractivity contribution in [2.75, 3.05) is 0 Å². The molecule has 4 aromatic carbocycles. The van der Waals surface area contributed by atoms with Crippen molar-refractivity contribution < 1.29 is 21.1 Å². The van der Waals surface area contributed by atoms with Crippen LogP contribution < -0.4 is 0 Å². The van der Waals surface area contributed by atoms with E-state index in [-0.39, 0.29) is 35.9 Å². The molecule has 4 aromatic rings. The third kappa shape index (κ3) is 10.1. The number of fused-ring (bicyclic) bond motifs is 2. The van der Waals surface area contributed by atoms with Gasteiger partial charge in [-0.05, 0) is 21.5 Å². The number of hydrogen-bond donors (Lipinski definition) is 0. The Morgan fingerprint density at radius 1 is 0.333 bits per heavy atom. The molecule has 1 heteroatoms. The first-order valence-corrected chi connectivity index (χ1v) is 8.81. The molecule has 0 fully saturated rings. The predicted molar refractivity (Wildman–Crippen MR) is 123 cm³/mol. The molecule has 0 radical (unpaired) electrons. The monoisotopic (exact) mass is 530 g/mol. The Kier molecular flexibility index (Phi) is 20.8. The smallest absolute Gasteiger partial charge is 0.358 e. The summed E-state index contributed by atoms with van der Waals surface area (Å²) in [5.41, 5.74) is 0. The standard InChI is InChI=1S/2C10H8.2C2H6.2CH3.W/c2*1-2-6-10-8-4-3-7-9(10)5-1;2*1-2;;;/h2*1-8H;2*1-2H3;2*1H3;/q;;;;2*-1;+2. The molecule has 0 N–H and O–H groups in total. The molecule has 0 aliphatic heterocycles. The van der Waals surface area contributed by atoms with E-state index in [1.807, 2.05) is 27.7 Å². The summed E-state index contributed by atoms with van der Waals surface area (Å²) in [5, 5.41) is 5.24. The average molecular weight is 530 g/mol. The molecule has 0 atom stereocenters. The van der Waals surface area contributed by atoms with Gasteiger partial charge in [0.25, 0.3) is 0 Å². The SMILES string of the molecule is CC.CC.[CH3-].[CH3-].[W+2].c1ccc2ccccc2c1.c1ccc2ccccc2c1. The quantitative estimate of drug-likeness (QED) is 0.200. The third-order valence-corrected chi connectivity index (χ3v) is 3.32. The molecule has 0 saturated carbocycles. The van der Waals surface area contributed by atoms with E-state index in [1.54, 1.807) is 0 Å². The van der Waals surface area contributed by atoms with Gasteiger partial charge in [0.2, 0.25) is 0 Å². The Balaban J connectivity index is -0.000000330. The zero-order valence-electron chi connectivity index (χ0n) is 17.6. The Morgan fingerprint density at radius 2 is 0.444 bits per heavy atom. The van der Waals surface area contributed by atoms with Gasteiger partial charge in [-0.3, -0.25) is 0 Å². The summed E-state index contributed by atoms with van der Waals surface area (Å²) < 4.78 is 0. The van der Waals surface area contributed by atoms with Crippen molar-refractivity contribution in [1.82, 2.24) is 0 Å². The van der Waals surface area contributed by atoms with Crippen molar-refractivity contribution >= 4 is 21.5 Å². The average Bonchev–Trinajstić information content (AvgIpc) is 2.72. The van der Waals surface area contributed by atoms with Crippen LogP contribution in [-0.2, 0) is 21.1 Å². The van der Waals surface area contributed by atoms with Gasteiger partial charge in [-0.15, -0.1) is 0 Å². The Labute approximate surface area is 181 Å². The zero-order chi connectivity index (χ0) is 17.6. The van der Waals surface area contributed by atoms with E-state index in [0.29, 0.717) is 0 Å². The maximum atomic E-state index is 2.12. The van der Waals surface area contributed by atoms with Crippen LogP contribution in [0.25, 0.3) is 21.5 Å². The largest absolute Gasteiger partial charge is 2.00 e. The fourth-order valence-electron chi connectivity index (χ4n) is 2.27. The van der Waals surface area contributed by atoms with Gasteiger partial charge in [0.05, 0.1) is 0 Å². The summed E-state index contributed by atoms with van der Waals surface area (Å²) in [6.45, 7) is 8.00. The van der Waals surface area contributed by atoms with Crippen LogP contribution in [0.15, 0.2) is 97.1 Å². The van der Waals surface area contributed by atoms with Gasteiger partial charge in [0, 0.05) is 0 Å². The van der Waals surface area contributed by atoms with Gasteiger partial charge >= 0.3 is 21.1 Å². The van der Waals surface area contributed by atoms with Gasteiger partial charge in [0.1, 0.15) is 0 Å². The molecule has 0 nitrogen and oxygen atoms in total. The number of benzene rings is 4.